The van der Waals surface area contributed by atoms with Crippen LogP contribution in [-0.2, 0) is 16.6 Å². The lowest BCUT2D eigenvalue weighted by Crippen LogP contribution is -2.24. The van der Waals surface area contributed by atoms with Gasteiger partial charge in [-0.2, -0.15) is 0 Å². The third-order valence-corrected chi connectivity index (χ3v) is 6.65. The molecule has 3 rings (SSSR count). The SMILES string of the molecule is COc1ccc(C(NCc2cccc(S(=O)(=O)N(C)C)c2)c2ccc(F)cc2)cc1. The molecule has 0 aromatic heterocycles. The minimum atomic E-state index is -3.50. The van der Waals surface area contributed by atoms with Gasteiger partial charge in [-0.1, -0.05) is 36.4 Å². The van der Waals surface area contributed by atoms with E-state index < -0.39 is 10.0 Å². The molecule has 3 aromatic carbocycles. The normalized spacial score (nSPS) is 12.7. The highest BCUT2D eigenvalue weighted by atomic mass is 32.2. The first kappa shape index (κ1) is 22.0. The number of sulfonamides is 1. The van der Waals surface area contributed by atoms with E-state index in [-0.39, 0.29) is 16.8 Å². The second kappa shape index (κ2) is 9.38. The molecule has 0 amide bonds. The molecule has 0 heterocycles. The summed E-state index contributed by atoms with van der Waals surface area (Å²) < 4.78 is 44.7. The lowest BCUT2D eigenvalue weighted by molar-refractivity contribution is 0.414. The zero-order valence-electron chi connectivity index (χ0n) is 17.2. The zero-order valence-corrected chi connectivity index (χ0v) is 18.0. The Morgan fingerprint density at radius 2 is 1.57 bits per heavy atom. The van der Waals surface area contributed by atoms with E-state index in [1.807, 2.05) is 30.3 Å². The van der Waals surface area contributed by atoms with Gasteiger partial charge < -0.3 is 10.1 Å². The van der Waals surface area contributed by atoms with Crippen LogP contribution in [0.5, 0.6) is 5.75 Å². The molecular formula is C23H25FN2O3S. The van der Waals surface area contributed by atoms with Crippen LogP contribution in [0.4, 0.5) is 4.39 Å². The van der Waals surface area contributed by atoms with Crippen molar-refractivity contribution in [2.75, 3.05) is 21.2 Å². The molecule has 7 heteroatoms. The average Bonchev–Trinajstić information content (AvgIpc) is 2.75. The topological polar surface area (TPSA) is 58.6 Å². The molecule has 1 unspecified atom stereocenters. The largest absolute Gasteiger partial charge is 0.497 e. The maximum Gasteiger partial charge on any atom is 0.242 e. The van der Waals surface area contributed by atoms with Crippen molar-refractivity contribution in [3.8, 4) is 5.75 Å². The summed E-state index contributed by atoms with van der Waals surface area (Å²) in [6, 6.07) is 20.6. The van der Waals surface area contributed by atoms with Gasteiger partial charge in [-0.05, 0) is 53.1 Å². The Morgan fingerprint density at radius 3 is 2.13 bits per heavy atom. The summed E-state index contributed by atoms with van der Waals surface area (Å²) in [5, 5.41) is 3.46. The van der Waals surface area contributed by atoms with Crippen molar-refractivity contribution in [2.24, 2.45) is 0 Å². The van der Waals surface area contributed by atoms with Crippen molar-refractivity contribution in [1.29, 1.82) is 0 Å². The first-order valence-corrected chi connectivity index (χ1v) is 10.9. The molecule has 0 fully saturated rings. The average molecular weight is 429 g/mol. The second-order valence-corrected chi connectivity index (χ2v) is 9.23. The smallest absolute Gasteiger partial charge is 0.242 e. The number of rotatable bonds is 8. The van der Waals surface area contributed by atoms with Crippen molar-refractivity contribution >= 4 is 10.0 Å². The first-order chi connectivity index (χ1) is 14.3. The van der Waals surface area contributed by atoms with Gasteiger partial charge in [0.2, 0.25) is 10.0 Å². The second-order valence-electron chi connectivity index (χ2n) is 7.07. The molecule has 0 spiro atoms. The van der Waals surface area contributed by atoms with Gasteiger partial charge in [-0.15, -0.1) is 0 Å². The first-order valence-electron chi connectivity index (χ1n) is 9.45. The van der Waals surface area contributed by atoms with Crippen LogP contribution in [0.3, 0.4) is 0 Å². The van der Waals surface area contributed by atoms with E-state index in [0.29, 0.717) is 6.54 Å². The Balaban J connectivity index is 1.88. The van der Waals surface area contributed by atoms with Crippen LogP contribution in [0, 0.1) is 5.82 Å². The molecular weight excluding hydrogens is 403 g/mol. The predicted octanol–water partition coefficient (Wildman–Crippen LogP) is 3.96. The van der Waals surface area contributed by atoms with Crippen LogP contribution in [0.2, 0.25) is 0 Å². The quantitative estimate of drug-likeness (QED) is 0.590. The van der Waals surface area contributed by atoms with Crippen molar-refractivity contribution in [1.82, 2.24) is 9.62 Å². The number of nitrogens with one attached hydrogen (secondary N) is 1. The van der Waals surface area contributed by atoms with E-state index in [9.17, 15) is 12.8 Å². The van der Waals surface area contributed by atoms with Gasteiger partial charge in [0.25, 0.3) is 0 Å². The molecule has 0 aliphatic rings. The number of hydrogen-bond acceptors (Lipinski definition) is 4. The Labute approximate surface area is 177 Å². The van der Waals surface area contributed by atoms with Crippen molar-refractivity contribution < 1.29 is 17.5 Å². The summed E-state index contributed by atoms with van der Waals surface area (Å²) in [5.41, 5.74) is 2.72. The highest BCUT2D eigenvalue weighted by Gasteiger charge is 2.18. The molecule has 0 aliphatic carbocycles. The molecule has 5 nitrogen and oxygen atoms in total. The van der Waals surface area contributed by atoms with Crippen molar-refractivity contribution in [3.05, 3.63) is 95.3 Å². The lowest BCUT2D eigenvalue weighted by Gasteiger charge is -2.21. The molecule has 0 bridgehead atoms. The van der Waals surface area contributed by atoms with E-state index in [2.05, 4.69) is 5.32 Å². The number of benzene rings is 3. The lowest BCUT2D eigenvalue weighted by atomic mass is 9.98. The highest BCUT2D eigenvalue weighted by Crippen LogP contribution is 2.25. The number of hydrogen-bond donors (Lipinski definition) is 1. The maximum absolute atomic E-state index is 13.4. The fraction of sp³-hybridized carbons (Fsp3) is 0.217. The molecule has 30 heavy (non-hydrogen) atoms. The van der Waals surface area contributed by atoms with E-state index >= 15 is 0 Å². The Hall–Kier alpha value is -2.74. The molecule has 0 saturated heterocycles. The monoisotopic (exact) mass is 428 g/mol. The van der Waals surface area contributed by atoms with Gasteiger partial charge in [0.15, 0.2) is 0 Å². The fourth-order valence-corrected chi connectivity index (χ4v) is 4.10. The number of halogens is 1. The minimum absolute atomic E-state index is 0.203. The summed E-state index contributed by atoms with van der Waals surface area (Å²) in [6.45, 7) is 0.435. The molecule has 0 radical (unpaired) electrons. The fourth-order valence-electron chi connectivity index (χ4n) is 3.13. The van der Waals surface area contributed by atoms with Gasteiger partial charge in [0.1, 0.15) is 11.6 Å². The molecule has 0 saturated carbocycles. The van der Waals surface area contributed by atoms with Crippen molar-refractivity contribution in [3.63, 3.8) is 0 Å². The van der Waals surface area contributed by atoms with E-state index in [1.54, 1.807) is 37.4 Å². The van der Waals surface area contributed by atoms with Crippen LogP contribution in [0.15, 0.2) is 77.7 Å². The Morgan fingerprint density at radius 1 is 0.967 bits per heavy atom. The molecule has 3 aromatic rings. The van der Waals surface area contributed by atoms with Crippen molar-refractivity contribution in [2.45, 2.75) is 17.5 Å². The van der Waals surface area contributed by atoms with Gasteiger partial charge in [-0.25, -0.2) is 17.1 Å². The van der Waals surface area contributed by atoms with Crippen LogP contribution < -0.4 is 10.1 Å². The zero-order chi connectivity index (χ0) is 21.7. The molecule has 158 valence electrons. The van der Waals surface area contributed by atoms with Crippen LogP contribution in [0.25, 0.3) is 0 Å². The molecule has 0 aliphatic heterocycles. The summed E-state index contributed by atoms with van der Waals surface area (Å²) in [4.78, 5) is 0.245. The van der Waals surface area contributed by atoms with E-state index in [1.165, 1.54) is 30.5 Å². The summed E-state index contributed by atoms with van der Waals surface area (Å²) in [7, 11) is 1.12. The predicted molar refractivity (Wildman–Crippen MR) is 115 cm³/mol. The summed E-state index contributed by atoms with van der Waals surface area (Å²) in [5.74, 6) is 0.451. The van der Waals surface area contributed by atoms with E-state index in [0.717, 1.165) is 22.4 Å². The van der Waals surface area contributed by atoms with E-state index in [4.69, 9.17) is 4.74 Å². The molecule has 1 N–H and O–H groups in total. The third-order valence-electron chi connectivity index (χ3n) is 4.84. The van der Waals surface area contributed by atoms with Crippen LogP contribution in [-0.4, -0.2) is 33.9 Å². The van der Waals surface area contributed by atoms with Gasteiger partial charge in [0.05, 0.1) is 18.0 Å². The Kier molecular flexibility index (Phi) is 6.87. The summed E-state index contributed by atoms with van der Waals surface area (Å²) >= 11 is 0. The number of methoxy groups -OCH3 is 1. The highest BCUT2D eigenvalue weighted by molar-refractivity contribution is 7.89. The van der Waals surface area contributed by atoms with Gasteiger partial charge >= 0.3 is 0 Å². The number of nitrogens with zero attached hydrogens (tertiary/aromatic N) is 1. The molecule has 1 atom stereocenters. The van der Waals surface area contributed by atoms with Crippen LogP contribution >= 0.6 is 0 Å². The third kappa shape index (κ3) is 5.05. The Bertz CT molecular complexity index is 1080. The number of ether oxygens (including phenoxy) is 1. The van der Waals surface area contributed by atoms with Gasteiger partial charge in [-0.3, -0.25) is 0 Å². The minimum Gasteiger partial charge on any atom is -0.497 e. The maximum atomic E-state index is 13.4. The standard InChI is InChI=1S/C23H25FN2O3S/c1-26(2)30(27,28)22-6-4-5-17(15-22)16-25-23(18-7-11-20(24)12-8-18)19-9-13-21(29-3)14-10-19/h4-15,23,25H,16H2,1-3H3. The summed E-state index contributed by atoms with van der Waals surface area (Å²) in [6.07, 6.45) is 0. The van der Waals surface area contributed by atoms with Crippen LogP contribution in [0.1, 0.15) is 22.7 Å². The van der Waals surface area contributed by atoms with Gasteiger partial charge in [0, 0.05) is 20.6 Å².